The Balaban J connectivity index is 1.55. The Bertz CT molecular complexity index is 498. The quantitative estimate of drug-likeness (QED) is 0.642. The Morgan fingerprint density at radius 3 is 2.09 bits per heavy atom. The van der Waals surface area contributed by atoms with Gasteiger partial charge in [0.1, 0.15) is 5.75 Å². The monoisotopic (exact) mass is 297 g/mol. The van der Waals surface area contributed by atoms with Crippen molar-refractivity contribution in [2.45, 2.75) is 38.0 Å². The van der Waals surface area contributed by atoms with Gasteiger partial charge in [-0.05, 0) is 43.0 Å². The van der Waals surface area contributed by atoms with Crippen molar-refractivity contribution >= 4 is 0 Å². The molecule has 0 heterocycles. The standard InChI is InChI=1S/C20H27NO/c21-17-19(18-11-6-3-7-12-18)13-5-1-2-10-16-22-20-14-8-4-9-15-20/h3-4,6-9,11-12,14-15,19H,1-2,5,10,13,16-17,21H2/t19-/m0/s1. The molecule has 0 aromatic heterocycles. The van der Waals surface area contributed by atoms with E-state index in [1.807, 2.05) is 30.3 Å². The lowest BCUT2D eigenvalue weighted by Crippen LogP contribution is -2.12. The number of hydrogen-bond acceptors (Lipinski definition) is 2. The smallest absolute Gasteiger partial charge is 0.119 e. The minimum absolute atomic E-state index is 0.502. The molecule has 1 atom stereocenters. The van der Waals surface area contributed by atoms with Crippen molar-refractivity contribution in [1.29, 1.82) is 0 Å². The fourth-order valence-corrected chi connectivity index (χ4v) is 2.70. The van der Waals surface area contributed by atoms with E-state index in [1.165, 1.54) is 31.2 Å². The highest BCUT2D eigenvalue weighted by atomic mass is 16.5. The second-order valence-electron chi connectivity index (χ2n) is 5.71. The molecule has 0 saturated carbocycles. The van der Waals surface area contributed by atoms with E-state index in [4.69, 9.17) is 10.5 Å². The van der Waals surface area contributed by atoms with Crippen LogP contribution in [0.15, 0.2) is 60.7 Å². The zero-order valence-electron chi connectivity index (χ0n) is 13.3. The number of benzene rings is 2. The highest BCUT2D eigenvalue weighted by molar-refractivity contribution is 5.21. The van der Waals surface area contributed by atoms with E-state index >= 15 is 0 Å². The summed E-state index contributed by atoms with van der Waals surface area (Å²) < 4.78 is 5.70. The summed E-state index contributed by atoms with van der Waals surface area (Å²) in [6.45, 7) is 1.55. The van der Waals surface area contributed by atoms with Gasteiger partial charge in [0.25, 0.3) is 0 Å². The molecule has 0 aliphatic carbocycles. The predicted molar refractivity (Wildman–Crippen MR) is 93.3 cm³/mol. The van der Waals surface area contributed by atoms with Crippen molar-refractivity contribution in [3.63, 3.8) is 0 Å². The van der Waals surface area contributed by atoms with Gasteiger partial charge in [0.05, 0.1) is 6.61 Å². The Kier molecular flexibility index (Phi) is 7.54. The van der Waals surface area contributed by atoms with E-state index in [-0.39, 0.29) is 0 Å². The summed E-state index contributed by atoms with van der Waals surface area (Å²) in [6, 6.07) is 20.7. The fourth-order valence-electron chi connectivity index (χ4n) is 2.70. The van der Waals surface area contributed by atoms with Gasteiger partial charge < -0.3 is 10.5 Å². The van der Waals surface area contributed by atoms with Gasteiger partial charge in [0, 0.05) is 0 Å². The lowest BCUT2D eigenvalue weighted by Gasteiger charge is -2.15. The molecule has 0 saturated heterocycles. The molecule has 0 amide bonds. The molecule has 2 heteroatoms. The molecule has 2 aromatic rings. The molecule has 2 nitrogen and oxygen atoms in total. The molecule has 0 aliphatic heterocycles. The third-order valence-corrected chi connectivity index (χ3v) is 4.01. The van der Waals surface area contributed by atoms with Crippen LogP contribution in [0.25, 0.3) is 0 Å². The lowest BCUT2D eigenvalue weighted by molar-refractivity contribution is 0.304. The number of hydrogen-bond donors (Lipinski definition) is 1. The van der Waals surface area contributed by atoms with Crippen molar-refractivity contribution in [2.75, 3.05) is 13.2 Å². The largest absolute Gasteiger partial charge is 0.494 e. The highest BCUT2D eigenvalue weighted by Crippen LogP contribution is 2.21. The third-order valence-electron chi connectivity index (χ3n) is 4.01. The molecule has 0 spiro atoms. The maximum absolute atomic E-state index is 5.91. The average Bonchev–Trinajstić information content (AvgIpc) is 2.59. The van der Waals surface area contributed by atoms with Crippen LogP contribution in [-0.4, -0.2) is 13.2 Å². The number of unbranched alkanes of at least 4 members (excludes halogenated alkanes) is 3. The first-order valence-corrected chi connectivity index (χ1v) is 8.33. The van der Waals surface area contributed by atoms with Crippen molar-refractivity contribution in [3.05, 3.63) is 66.2 Å². The van der Waals surface area contributed by atoms with E-state index in [1.54, 1.807) is 0 Å². The topological polar surface area (TPSA) is 35.2 Å². The molecule has 22 heavy (non-hydrogen) atoms. The molecule has 0 radical (unpaired) electrons. The molecular weight excluding hydrogens is 270 g/mol. The first-order chi connectivity index (χ1) is 10.9. The van der Waals surface area contributed by atoms with Gasteiger partial charge in [-0.25, -0.2) is 0 Å². The molecule has 118 valence electrons. The molecule has 2 N–H and O–H groups in total. The summed E-state index contributed by atoms with van der Waals surface area (Å²) in [5, 5.41) is 0. The third kappa shape index (κ3) is 5.90. The molecule has 0 fully saturated rings. The fraction of sp³-hybridized carbons (Fsp3) is 0.400. The van der Waals surface area contributed by atoms with Crippen molar-refractivity contribution in [2.24, 2.45) is 5.73 Å². The van der Waals surface area contributed by atoms with Gasteiger partial charge in [-0.3, -0.25) is 0 Å². The van der Waals surface area contributed by atoms with Crippen LogP contribution in [0.3, 0.4) is 0 Å². The summed E-state index contributed by atoms with van der Waals surface area (Å²) in [5.74, 6) is 1.47. The summed E-state index contributed by atoms with van der Waals surface area (Å²) in [6.07, 6.45) is 6.01. The van der Waals surface area contributed by atoms with E-state index in [0.717, 1.165) is 25.3 Å². The Labute approximate surface area is 134 Å². The number of rotatable bonds is 10. The zero-order chi connectivity index (χ0) is 15.5. The van der Waals surface area contributed by atoms with Crippen molar-refractivity contribution in [3.8, 4) is 5.75 Å². The first kappa shape index (κ1) is 16.6. The summed E-state index contributed by atoms with van der Waals surface area (Å²) in [7, 11) is 0. The number of ether oxygens (including phenoxy) is 1. The minimum Gasteiger partial charge on any atom is -0.494 e. The van der Waals surface area contributed by atoms with Gasteiger partial charge in [-0.2, -0.15) is 0 Å². The van der Waals surface area contributed by atoms with Gasteiger partial charge in [-0.1, -0.05) is 67.8 Å². The summed E-state index contributed by atoms with van der Waals surface area (Å²) in [4.78, 5) is 0. The van der Waals surface area contributed by atoms with Crippen molar-refractivity contribution < 1.29 is 4.74 Å². The van der Waals surface area contributed by atoms with Crippen LogP contribution >= 0.6 is 0 Å². The van der Waals surface area contributed by atoms with Crippen LogP contribution in [0.5, 0.6) is 5.75 Å². The lowest BCUT2D eigenvalue weighted by atomic mass is 9.93. The van der Waals surface area contributed by atoms with Crippen LogP contribution in [0.1, 0.15) is 43.6 Å². The second-order valence-corrected chi connectivity index (χ2v) is 5.71. The number of para-hydroxylation sites is 1. The normalized spacial score (nSPS) is 12.0. The molecule has 0 unspecified atom stereocenters. The van der Waals surface area contributed by atoms with E-state index in [2.05, 4.69) is 30.3 Å². The molecule has 0 aliphatic rings. The van der Waals surface area contributed by atoms with Gasteiger partial charge >= 0.3 is 0 Å². The SMILES string of the molecule is NC[C@H](CCCCCCOc1ccccc1)c1ccccc1. The maximum atomic E-state index is 5.91. The Hall–Kier alpha value is -1.80. The van der Waals surface area contributed by atoms with E-state index < -0.39 is 0 Å². The Morgan fingerprint density at radius 2 is 1.41 bits per heavy atom. The van der Waals surface area contributed by atoms with Gasteiger partial charge in [-0.15, -0.1) is 0 Å². The van der Waals surface area contributed by atoms with Crippen LogP contribution in [0, 0.1) is 0 Å². The Morgan fingerprint density at radius 1 is 0.773 bits per heavy atom. The van der Waals surface area contributed by atoms with Crippen LogP contribution in [0.4, 0.5) is 0 Å². The minimum atomic E-state index is 0.502. The van der Waals surface area contributed by atoms with E-state index in [9.17, 15) is 0 Å². The van der Waals surface area contributed by atoms with E-state index in [0.29, 0.717) is 5.92 Å². The summed E-state index contributed by atoms with van der Waals surface area (Å²) >= 11 is 0. The van der Waals surface area contributed by atoms with Crippen LogP contribution in [-0.2, 0) is 0 Å². The predicted octanol–water partition coefficient (Wildman–Crippen LogP) is 4.76. The zero-order valence-corrected chi connectivity index (χ0v) is 13.3. The number of nitrogens with two attached hydrogens (primary N) is 1. The molecule has 2 rings (SSSR count). The second kappa shape index (κ2) is 10.0. The van der Waals surface area contributed by atoms with Gasteiger partial charge in [0.2, 0.25) is 0 Å². The van der Waals surface area contributed by atoms with Crippen LogP contribution in [0.2, 0.25) is 0 Å². The first-order valence-electron chi connectivity index (χ1n) is 8.33. The maximum Gasteiger partial charge on any atom is 0.119 e. The average molecular weight is 297 g/mol. The molecule has 2 aromatic carbocycles. The summed E-state index contributed by atoms with van der Waals surface area (Å²) in [5.41, 5.74) is 7.28. The van der Waals surface area contributed by atoms with Crippen LogP contribution < -0.4 is 10.5 Å². The van der Waals surface area contributed by atoms with Crippen molar-refractivity contribution in [1.82, 2.24) is 0 Å². The highest BCUT2D eigenvalue weighted by Gasteiger charge is 2.08. The molecule has 0 bridgehead atoms. The van der Waals surface area contributed by atoms with Gasteiger partial charge in [0.15, 0.2) is 0 Å². The molecular formula is C20H27NO.